The summed E-state index contributed by atoms with van der Waals surface area (Å²) in [4.78, 5) is 0.254. The first kappa shape index (κ1) is 18.2. The van der Waals surface area contributed by atoms with E-state index in [1.807, 2.05) is 6.92 Å². The molecule has 0 fully saturated rings. The second-order valence-corrected chi connectivity index (χ2v) is 6.62. The number of ether oxygens (including phenoxy) is 1. The molecule has 0 amide bonds. The Morgan fingerprint density at radius 1 is 1.19 bits per heavy atom. The Labute approximate surface area is 127 Å². The fraction of sp³-hybridized carbons (Fsp3) is 0.714. The Morgan fingerprint density at radius 3 is 2.52 bits per heavy atom. The number of hydrogen-bond donors (Lipinski definition) is 2. The smallest absolute Gasteiger partial charge is 0.244 e. The van der Waals surface area contributed by atoms with Gasteiger partial charge in [0.2, 0.25) is 10.0 Å². The van der Waals surface area contributed by atoms with Crippen LogP contribution in [0.3, 0.4) is 0 Å². The Kier molecular flexibility index (Phi) is 7.37. The van der Waals surface area contributed by atoms with Crippen molar-refractivity contribution in [3.05, 3.63) is 17.1 Å². The van der Waals surface area contributed by atoms with Crippen LogP contribution in [0.1, 0.15) is 36.8 Å². The van der Waals surface area contributed by atoms with E-state index >= 15 is 0 Å². The van der Waals surface area contributed by atoms with Crippen molar-refractivity contribution in [3.8, 4) is 0 Å². The molecule has 7 heteroatoms. The molecule has 0 saturated carbocycles. The summed E-state index contributed by atoms with van der Waals surface area (Å²) in [5.41, 5.74) is 0.685. The molecule has 2 N–H and O–H groups in total. The molecule has 1 rings (SSSR count). The third-order valence-corrected chi connectivity index (χ3v) is 4.71. The molecule has 0 aliphatic carbocycles. The number of rotatable bonds is 10. The normalized spacial score (nSPS) is 12.0. The second kappa shape index (κ2) is 8.53. The highest BCUT2D eigenvalue weighted by Gasteiger charge is 2.25. The minimum absolute atomic E-state index is 0.254. The number of nitrogens with one attached hydrogen (secondary N) is 2. The molecule has 6 nitrogen and oxygen atoms in total. The van der Waals surface area contributed by atoms with Gasteiger partial charge in [-0.25, -0.2) is 13.1 Å². The van der Waals surface area contributed by atoms with Gasteiger partial charge in [-0.15, -0.1) is 0 Å². The first-order chi connectivity index (χ1) is 9.94. The lowest BCUT2D eigenvalue weighted by Crippen LogP contribution is -2.27. The van der Waals surface area contributed by atoms with Crippen LogP contribution in [0.5, 0.6) is 0 Å². The maximum absolute atomic E-state index is 12.4. The van der Waals surface area contributed by atoms with Crippen molar-refractivity contribution in [2.75, 3.05) is 26.8 Å². The van der Waals surface area contributed by atoms with E-state index in [0.717, 1.165) is 6.42 Å². The van der Waals surface area contributed by atoms with Gasteiger partial charge < -0.3 is 14.5 Å². The predicted octanol–water partition coefficient (Wildman–Crippen LogP) is 1.71. The maximum atomic E-state index is 12.4. The third-order valence-electron chi connectivity index (χ3n) is 3.05. The molecule has 0 aromatic carbocycles. The number of sulfonamides is 1. The summed E-state index contributed by atoms with van der Waals surface area (Å²) in [5.74, 6) is 1.06. The summed E-state index contributed by atoms with van der Waals surface area (Å²) in [6, 6.07) is 0. The van der Waals surface area contributed by atoms with E-state index in [0.29, 0.717) is 49.8 Å². The van der Waals surface area contributed by atoms with Gasteiger partial charge in [-0.2, -0.15) is 0 Å². The SMILES string of the molecule is CCCOCCCNS(=O)(=O)c1c(C)oc(C)c1CNC. The highest BCUT2D eigenvalue weighted by Crippen LogP contribution is 2.26. The number of hydrogen-bond acceptors (Lipinski definition) is 5. The van der Waals surface area contributed by atoms with Crippen LogP contribution in [0.15, 0.2) is 9.31 Å². The fourth-order valence-corrected chi connectivity index (χ4v) is 3.66. The fourth-order valence-electron chi connectivity index (χ4n) is 2.14. The molecule has 0 aliphatic heterocycles. The molecular weight excluding hydrogens is 292 g/mol. The Bertz CT molecular complexity index is 537. The van der Waals surface area contributed by atoms with Crippen molar-refractivity contribution < 1.29 is 17.6 Å². The molecule has 0 atom stereocenters. The van der Waals surface area contributed by atoms with Crippen LogP contribution in [0.2, 0.25) is 0 Å². The highest BCUT2D eigenvalue weighted by atomic mass is 32.2. The minimum atomic E-state index is -3.56. The summed E-state index contributed by atoms with van der Waals surface area (Å²) in [6.07, 6.45) is 1.61. The largest absolute Gasteiger partial charge is 0.465 e. The average molecular weight is 318 g/mol. The van der Waals surface area contributed by atoms with E-state index in [2.05, 4.69) is 10.0 Å². The van der Waals surface area contributed by atoms with Gasteiger partial charge >= 0.3 is 0 Å². The van der Waals surface area contributed by atoms with Crippen molar-refractivity contribution in [2.24, 2.45) is 0 Å². The zero-order chi connectivity index (χ0) is 15.9. The van der Waals surface area contributed by atoms with Crippen molar-refractivity contribution in [2.45, 2.75) is 45.1 Å². The monoisotopic (exact) mass is 318 g/mol. The summed E-state index contributed by atoms with van der Waals surface area (Å²) in [5, 5.41) is 2.97. The topological polar surface area (TPSA) is 80.6 Å². The van der Waals surface area contributed by atoms with Gasteiger partial charge in [0, 0.05) is 31.9 Å². The second-order valence-electron chi connectivity index (χ2n) is 4.92. The number of aryl methyl sites for hydroxylation is 2. The van der Waals surface area contributed by atoms with Crippen molar-refractivity contribution in [1.29, 1.82) is 0 Å². The van der Waals surface area contributed by atoms with Crippen LogP contribution in [0.25, 0.3) is 0 Å². The molecule has 1 aromatic rings. The first-order valence-corrected chi connectivity index (χ1v) is 8.73. The van der Waals surface area contributed by atoms with Crippen molar-refractivity contribution in [3.63, 3.8) is 0 Å². The van der Waals surface area contributed by atoms with E-state index in [1.165, 1.54) is 0 Å². The molecule has 1 aromatic heterocycles. The predicted molar refractivity (Wildman–Crippen MR) is 81.9 cm³/mol. The standard InChI is InChI=1S/C14H26N2O4S/c1-5-8-19-9-6-7-16-21(17,18)14-12(3)20-11(2)13(14)10-15-4/h15-16H,5-10H2,1-4H3. The van der Waals surface area contributed by atoms with Crippen molar-refractivity contribution >= 4 is 10.0 Å². The van der Waals surface area contributed by atoms with E-state index < -0.39 is 10.0 Å². The van der Waals surface area contributed by atoms with Gasteiger partial charge in [0.25, 0.3) is 0 Å². The molecule has 1 heterocycles. The lowest BCUT2D eigenvalue weighted by atomic mass is 10.2. The minimum Gasteiger partial charge on any atom is -0.465 e. The van der Waals surface area contributed by atoms with Crippen LogP contribution >= 0.6 is 0 Å². The van der Waals surface area contributed by atoms with Gasteiger partial charge in [0.05, 0.1) is 0 Å². The molecule has 0 radical (unpaired) electrons. The lowest BCUT2D eigenvalue weighted by Gasteiger charge is -2.08. The van der Waals surface area contributed by atoms with Crippen LogP contribution in [-0.2, 0) is 21.3 Å². The van der Waals surface area contributed by atoms with Gasteiger partial charge in [-0.05, 0) is 33.7 Å². The molecule has 122 valence electrons. The Morgan fingerprint density at radius 2 is 1.90 bits per heavy atom. The molecule has 0 unspecified atom stereocenters. The zero-order valence-corrected chi connectivity index (χ0v) is 14.1. The van der Waals surface area contributed by atoms with E-state index in [4.69, 9.17) is 9.15 Å². The average Bonchev–Trinajstić information content (AvgIpc) is 2.69. The third kappa shape index (κ3) is 5.10. The highest BCUT2D eigenvalue weighted by molar-refractivity contribution is 7.89. The maximum Gasteiger partial charge on any atom is 0.244 e. The molecular formula is C14H26N2O4S. The summed E-state index contributed by atoms with van der Waals surface area (Å²) in [6.45, 7) is 7.56. The molecule has 0 bridgehead atoms. The molecule has 21 heavy (non-hydrogen) atoms. The van der Waals surface area contributed by atoms with Crippen LogP contribution < -0.4 is 10.0 Å². The van der Waals surface area contributed by atoms with Gasteiger partial charge in [0.1, 0.15) is 16.4 Å². The van der Waals surface area contributed by atoms with E-state index in [9.17, 15) is 8.42 Å². The summed E-state index contributed by atoms with van der Waals surface area (Å²) >= 11 is 0. The van der Waals surface area contributed by atoms with E-state index in [1.54, 1.807) is 20.9 Å². The first-order valence-electron chi connectivity index (χ1n) is 7.24. The lowest BCUT2D eigenvalue weighted by molar-refractivity contribution is 0.133. The van der Waals surface area contributed by atoms with Crippen LogP contribution in [0.4, 0.5) is 0 Å². The van der Waals surface area contributed by atoms with Gasteiger partial charge in [0.15, 0.2) is 0 Å². The van der Waals surface area contributed by atoms with Gasteiger partial charge in [-0.1, -0.05) is 6.92 Å². The Hall–Kier alpha value is -0.890. The summed E-state index contributed by atoms with van der Waals surface area (Å²) < 4.78 is 38.2. The van der Waals surface area contributed by atoms with Crippen LogP contribution in [-0.4, -0.2) is 35.2 Å². The van der Waals surface area contributed by atoms with Crippen molar-refractivity contribution in [1.82, 2.24) is 10.0 Å². The molecule has 0 saturated heterocycles. The number of furan rings is 1. The molecule has 0 aliphatic rings. The molecule has 0 spiro atoms. The quantitative estimate of drug-likeness (QED) is 0.642. The van der Waals surface area contributed by atoms with Gasteiger partial charge in [-0.3, -0.25) is 0 Å². The Balaban J connectivity index is 2.70. The zero-order valence-electron chi connectivity index (χ0n) is 13.3. The van der Waals surface area contributed by atoms with Crippen LogP contribution in [0, 0.1) is 13.8 Å². The summed E-state index contributed by atoms with van der Waals surface area (Å²) in [7, 11) is -1.78. The van der Waals surface area contributed by atoms with E-state index in [-0.39, 0.29) is 4.90 Å².